The fourth-order valence-corrected chi connectivity index (χ4v) is 9.64. The highest BCUT2D eigenvalue weighted by atomic mass is 32.2. The van der Waals surface area contributed by atoms with Gasteiger partial charge >= 0.3 is 5.97 Å². The van der Waals surface area contributed by atoms with Crippen LogP contribution in [0.15, 0.2) is 40.4 Å². The Morgan fingerprint density at radius 1 is 0.483 bits per heavy atom. The van der Waals surface area contributed by atoms with Crippen LogP contribution in [0.2, 0.25) is 0 Å². The summed E-state index contributed by atoms with van der Waals surface area (Å²) >= 11 is 1.34. The number of nitrogens with two attached hydrogens (primary N) is 9. The molecule has 0 bridgehead atoms. The van der Waals surface area contributed by atoms with Crippen LogP contribution in [-0.4, -0.2) is 180 Å². The summed E-state index contributed by atoms with van der Waals surface area (Å²) in [7, 11) is 0. The van der Waals surface area contributed by atoms with Gasteiger partial charge in [0.1, 0.15) is 48.3 Å². The Bertz CT molecular complexity index is 2690. The average molecular weight is 1270 g/mol. The van der Waals surface area contributed by atoms with E-state index in [2.05, 4.69) is 57.5 Å². The third kappa shape index (κ3) is 30.5. The predicted molar refractivity (Wildman–Crippen MR) is 338 cm³/mol. The molecule has 2 rings (SSSR count). The topological polar surface area (TPSA) is 579 Å². The number of carbonyl (C=O) groups is 11. The molecule has 0 saturated heterocycles. The Labute approximate surface area is 522 Å². The van der Waals surface area contributed by atoms with Gasteiger partial charge < -0.3 is 104 Å². The molecule has 10 amide bonds. The Morgan fingerprint density at radius 2 is 0.865 bits per heavy atom. The molecule has 0 aliphatic carbocycles. The number of aliphatic imine (C=N–C) groups is 2. The molecule has 28 N–H and O–H groups in total. The van der Waals surface area contributed by atoms with Crippen LogP contribution < -0.4 is 94.1 Å². The van der Waals surface area contributed by atoms with Crippen molar-refractivity contribution in [2.45, 2.75) is 171 Å². The lowest BCUT2D eigenvalue weighted by Crippen LogP contribution is -2.60. The number of thioether (sulfide) groups is 1. The lowest BCUT2D eigenvalue weighted by atomic mass is 10.0. The highest BCUT2D eigenvalue weighted by Gasteiger charge is 2.36. The zero-order chi connectivity index (χ0) is 66.4. The smallest absolute Gasteiger partial charge is 0.326 e. The van der Waals surface area contributed by atoms with Crippen LogP contribution in [0.25, 0.3) is 10.9 Å². The van der Waals surface area contributed by atoms with E-state index in [1.807, 2.05) is 18.2 Å². The number of hydrogen-bond donors (Lipinski definition) is 19. The molecular weight excluding hydrogens is 1180 g/mol. The number of rotatable bonds is 47. The number of aliphatic carboxylic acids is 1. The molecule has 0 aliphatic rings. The van der Waals surface area contributed by atoms with E-state index in [-0.39, 0.29) is 109 Å². The van der Waals surface area contributed by atoms with Gasteiger partial charge in [0, 0.05) is 48.9 Å². The van der Waals surface area contributed by atoms with Gasteiger partial charge in [-0.25, -0.2) is 4.79 Å². The SMILES string of the molecule is CSCC[C@H](NC(=O)[C@H](CCCN=C(N)N)NC(=O)[C@H](CCCN=C(N)N)NC(=O)[C@H](CC(N)=O)NC(=O)[C@@H](C)CCC(N)=O)C(=O)N[C@@H](CCCCN)C(=O)N[C@@H](Cc1c[nH]c2ccccc12)C(=O)N[C@@H](CCCCN)C(=O)N[C@@H](CCCCN)C(=O)O. The number of fused-ring (bicyclic) bond motifs is 1. The summed E-state index contributed by atoms with van der Waals surface area (Å²) in [6.45, 7) is 2.27. The lowest BCUT2D eigenvalue weighted by molar-refractivity contribution is -0.142. The number of H-pyrrole nitrogens is 1. The van der Waals surface area contributed by atoms with Crippen molar-refractivity contribution < 1.29 is 57.8 Å². The van der Waals surface area contributed by atoms with Crippen LogP contribution >= 0.6 is 11.8 Å². The number of carboxylic acids is 1. The van der Waals surface area contributed by atoms with E-state index in [9.17, 15) is 57.8 Å². The summed E-state index contributed by atoms with van der Waals surface area (Å²) in [5.74, 6) is -10.7. The maximum absolute atomic E-state index is 14.7. The van der Waals surface area contributed by atoms with Crippen LogP contribution in [0.1, 0.15) is 122 Å². The minimum Gasteiger partial charge on any atom is -0.480 e. The van der Waals surface area contributed by atoms with Crippen LogP contribution in [-0.2, 0) is 59.2 Å². The van der Waals surface area contributed by atoms with Gasteiger partial charge in [0.15, 0.2) is 11.9 Å². The van der Waals surface area contributed by atoms with Gasteiger partial charge in [-0.1, -0.05) is 25.1 Å². The first-order valence-electron chi connectivity index (χ1n) is 29.8. The summed E-state index contributed by atoms with van der Waals surface area (Å²) in [4.78, 5) is 161. The van der Waals surface area contributed by atoms with Gasteiger partial charge in [-0.2, -0.15) is 11.8 Å². The van der Waals surface area contributed by atoms with Crippen molar-refractivity contribution in [2.75, 3.05) is 44.7 Å². The van der Waals surface area contributed by atoms with E-state index in [4.69, 9.17) is 51.6 Å². The first-order valence-corrected chi connectivity index (χ1v) is 31.2. The number of guanidine groups is 2. The van der Waals surface area contributed by atoms with Crippen molar-refractivity contribution >= 4 is 99.6 Å². The molecule has 2 aromatic rings. The van der Waals surface area contributed by atoms with Crippen molar-refractivity contribution in [1.82, 2.24) is 47.5 Å². The Balaban J connectivity index is 2.62. The van der Waals surface area contributed by atoms with Gasteiger partial charge in [0.05, 0.1) is 6.42 Å². The number of unbranched alkanes of at least 4 members (excludes halogenated alkanes) is 3. The Kier molecular flexibility index (Phi) is 36.7. The van der Waals surface area contributed by atoms with Gasteiger partial charge in [-0.15, -0.1) is 0 Å². The minimum atomic E-state index is -1.60. The molecule has 498 valence electrons. The molecule has 32 nitrogen and oxygen atoms in total. The van der Waals surface area contributed by atoms with Crippen molar-refractivity contribution in [3.8, 4) is 0 Å². The number of aromatic amines is 1. The second-order valence-corrected chi connectivity index (χ2v) is 22.5. The lowest BCUT2D eigenvalue weighted by Gasteiger charge is -2.28. The molecule has 1 aromatic carbocycles. The second kappa shape index (κ2) is 42.6. The van der Waals surface area contributed by atoms with Gasteiger partial charge in [0.25, 0.3) is 0 Å². The maximum atomic E-state index is 14.7. The molecule has 1 heterocycles. The number of primary amides is 2. The van der Waals surface area contributed by atoms with Gasteiger partial charge in [-0.05, 0) is 140 Å². The molecular formula is C56H96N20O12S. The molecule has 33 heteroatoms. The van der Waals surface area contributed by atoms with E-state index in [0.29, 0.717) is 56.4 Å². The van der Waals surface area contributed by atoms with E-state index >= 15 is 0 Å². The van der Waals surface area contributed by atoms with Gasteiger partial charge in [0.2, 0.25) is 59.1 Å². The second-order valence-electron chi connectivity index (χ2n) is 21.5. The third-order valence-corrected chi connectivity index (χ3v) is 14.8. The van der Waals surface area contributed by atoms with Crippen molar-refractivity contribution in [1.29, 1.82) is 0 Å². The largest absolute Gasteiger partial charge is 0.480 e. The molecule has 0 fully saturated rings. The first-order chi connectivity index (χ1) is 42.3. The number of carboxylic acid groups (broad SMARTS) is 1. The fourth-order valence-electron chi connectivity index (χ4n) is 9.17. The van der Waals surface area contributed by atoms with Crippen LogP contribution in [0.3, 0.4) is 0 Å². The Morgan fingerprint density at radius 3 is 1.28 bits per heavy atom. The summed E-state index contributed by atoms with van der Waals surface area (Å²) in [5.41, 5.74) is 51.5. The summed E-state index contributed by atoms with van der Waals surface area (Å²) in [5, 5.41) is 31.9. The third-order valence-electron chi connectivity index (χ3n) is 14.2. The molecule has 1 aromatic heterocycles. The monoisotopic (exact) mass is 1270 g/mol. The summed E-state index contributed by atoms with van der Waals surface area (Å²) < 4.78 is 0. The number of carbonyl (C=O) groups excluding carboxylic acids is 10. The van der Waals surface area contributed by atoms with Crippen LogP contribution in [0.5, 0.6) is 0 Å². The van der Waals surface area contributed by atoms with Gasteiger partial charge in [-0.3, -0.25) is 57.9 Å². The van der Waals surface area contributed by atoms with Crippen molar-refractivity contribution in [3.05, 3.63) is 36.0 Å². The highest BCUT2D eigenvalue weighted by Crippen LogP contribution is 2.20. The van der Waals surface area contributed by atoms with E-state index in [1.54, 1.807) is 18.5 Å². The summed E-state index contributed by atoms with van der Waals surface area (Å²) in [6.07, 6.45) is 5.03. The van der Waals surface area contributed by atoms with Crippen molar-refractivity contribution in [2.24, 2.45) is 67.5 Å². The number of benzene rings is 1. The van der Waals surface area contributed by atoms with Crippen LogP contribution in [0, 0.1) is 5.92 Å². The van der Waals surface area contributed by atoms with E-state index in [0.717, 1.165) is 10.9 Å². The summed E-state index contributed by atoms with van der Waals surface area (Å²) in [6, 6.07) is -3.94. The zero-order valence-electron chi connectivity index (χ0n) is 51.0. The number of aromatic nitrogens is 1. The van der Waals surface area contributed by atoms with E-state index < -0.39 is 126 Å². The molecule has 9 atom stereocenters. The number of nitrogens with one attached hydrogen (secondary N) is 9. The molecule has 0 unspecified atom stereocenters. The quantitative estimate of drug-likeness (QED) is 0.0169. The highest BCUT2D eigenvalue weighted by molar-refractivity contribution is 7.98. The predicted octanol–water partition coefficient (Wildman–Crippen LogP) is -4.30. The first kappa shape index (κ1) is 76.8. The molecule has 0 spiro atoms. The molecule has 0 aliphatic heterocycles. The standard InChI is InChI=1S/C56H96N20O12S/c1-32(20-21-44(60)77)46(79)75-43(30-45(61)78)53(86)72-39(19-12-27-67-56(64)65)47(80)70-38(18-11-26-66-55(62)63)48(81)73-40(22-28-89-2)51(84)69-37(16-6-9-24-58)50(83)76-42(29-33-31-68-35-14-4-3-13-34(33)35)52(85)71-36(15-5-8-23-57)49(82)74-41(54(87)88)17-7-10-25-59/h3-4,13-14,31-32,36-43,68H,5-12,15-30,57-59H2,1-2H3,(H2,60,77)(H2,61,78)(H,69,84)(H,70,80)(H,71,85)(H,72,86)(H,73,81)(H,74,82)(H,75,79)(H,76,83)(H,87,88)(H4,62,63,66)(H4,64,65,67)/t32-,36-,37-,38-,39-,40-,41-,42-,43-/m0/s1. The molecule has 0 saturated carbocycles. The van der Waals surface area contributed by atoms with Crippen molar-refractivity contribution in [3.63, 3.8) is 0 Å². The maximum Gasteiger partial charge on any atom is 0.326 e. The average Bonchev–Trinajstić information content (AvgIpc) is 3.92. The number of amides is 10. The zero-order valence-corrected chi connectivity index (χ0v) is 51.8. The number of hydrogen-bond acceptors (Lipinski definition) is 17. The number of nitrogens with zero attached hydrogens (tertiary/aromatic N) is 2. The fraction of sp³-hybridized carbons (Fsp3) is 0.625. The molecule has 0 radical (unpaired) electrons. The minimum absolute atomic E-state index is 0.00229. The number of para-hydroxylation sites is 1. The van der Waals surface area contributed by atoms with Crippen LogP contribution in [0.4, 0.5) is 0 Å². The molecule has 89 heavy (non-hydrogen) atoms. The Hall–Kier alpha value is -8.30. The normalized spacial score (nSPS) is 14.1. The van der Waals surface area contributed by atoms with E-state index in [1.165, 1.54) is 18.7 Å².